The van der Waals surface area contributed by atoms with Crippen molar-refractivity contribution in [2.75, 3.05) is 0 Å². The Morgan fingerprint density at radius 2 is 0.912 bits per heavy atom. The molecule has 0 aliphatic rings. The lowest BCUT2D eigenvalue weighted by molar-refractivity contribution is 0.445. The molecule has 6 rings (SSSR count). The normalized spacial score (nSPS) is 11.9. The van der Waals surface area contributed by atoms with E-state index in [9.17, 15) is 10.2 Å². The molecule has 0 saturated heterocycles. The Bertz CT molecular complexity index is 1610. The van der Waals surface area contributed by atoms with Crippen LogP contribution < -0.4 is 0 Å². The van der Waals surface area contributed by atoms with Crippen LogP contribution in [0.4, 0.5) is 0 Å². The first-order valence-corrected chi connectivity index (χ1v) is 11.5. The second-order valence-electron chi connectivity index (χ2n) is 9.05. The molecular formula is C32H24O2. The van der Waals surface area contributed by atoms with Gasteiger partial charge in [-0.25, -0.2) is 0 Å². The molecular weight excluding hydrogens is 416 g/mol. The van der Waals surface area contributed by atoms with Crippen LogP contribution in [0.1, 0.15) is 23.6 Å². The summed E-state index contributed by atoms with van der Waals surface area (Å²) >= 11 is 0. The van der Waals surface area contributed by atoms with Gasteiger partial charge in [0.2, 0.25) is 0 Å². The Kier molecular flexibility index (Phi) is 4.56. The van der Waals surface area contributed by atoms with Gasteiger partial charge in [0.1, 0.15) is 11.5 Å². The van der Waals surface area contributed by atoms with Crippen molar-refractivity contribution in [1.29, 1.82) is 0 Å². The van der Waals surface area contributed by atoms with E-state index >= 15 is 0 Å². The van der Waals surface area contributed by atoms with Gasteiger partial charge in [-0.1, -0.05) is 97.1 Å². The predicted octanol–water partition coefficient (Wildman–Crippen LogP) is 7.91. The minimum absolute atomic E-state index is 0.210. The fourth-order valence-electron chi connectivity index (χ4n) is 5.49. The molecule has 2 heteroatoms. The van der Waals surface area contributed by atoms with E-state index in [1.54, 1.807) is 12.1 Å². The Balaban J connectivity index is 1.81. The van der Waals surface area contributed by atoms with Gasteiger partial charge in [-0.05, 0) is 63.0 Å². The van der Waals surface area contributed by atoms with E-state index in [1.165, 1.54) is 0 Å². The van der Waals surface area contributed by atoms with E-state index in [-0.39, 0.29) is 11.5 Å². The summed E-state index contributed by atoms with van der Waals surface area (Å²) in [7, 11) is 0. The molecule has 0 bridgehead atoms. The Morgan fingerprint density at radius 3 is 1.47 bits per heavy atom. The number of phenolic OH excluding ortho intramolecular Hbond substituents is 2. The molecule has 6 aromatic rings. The lowest BCUT2D eigenvalue weighted by atomic mass is 9.67. The number of benzene rings is 6. The first kappa shape index (κ1) is 20.3. The summed E-state index contributed by atoms with van der Waals surface area (Å²) < 4.78 is 0. The summed E-state index contributed by atoms with van der Waals surface area (Å²) in [6, 6.07) is 38.3. The van der Waals surface area contributed by atoms with Gasteiger partial charge >= 0.3 is 0 Å². The lowest BCUT2D eigenvalue weighted by Crippen LogP contribution is -2.26. The summed E-state index contributed by atoms with van der Waals surface area (Å²) in [5.74, 6) is 0.420. The summed E-state index contributed by atoms with van der Waals surface area (Å²) in [6.07, 6.45) is 0. The van der Waals surface area contributed by atoms with Crippen molar-refractivity contribution in [3.63, 3.8) is 0 Å². The Hall–Kier alpha value is -4.30. The molecule has 164 valence electrons. The third kappa shape index (κ3) is 2.96. The molecule has 6 aromatic carbocycles. The third-order valence-electron chi connectivity index (χ3n) is 7.14. The van der Waals surface area contributed by atoms with Crippen LogP contribution in [0.3, 0.4) is 0 Å². The zero-order valence-electron chi connectivity index (χ0n) is 18.9. The highest BCUT2D eigenvalue weighted by Gasteiger charge is 2.38. The Labute approximate surface area is 198 Å². The van der Waals surface area contributed by atoms with Crippen LogP contribution in [0.2, 0.25) is 0 Å². The van der Waals surface area contributed by atoms with Gasteiger partial charge in [-0.15, -0.1) is 0 Å². The molecule has 34 heavy (non-hydrogen) atoms. The number of hydrogen-bond acceptors (Lipinski definition) is 2. The molecule has 2 nitrogen and oxygen atoms in total. The van der Waals surface area contributed by atoms with Crippen molar-refractivity contribution in [2.45, 2.75) is 12.3 Å². The van der Waals surface area contributed by atoms with E-state index in [2.05, 4.69) is 49.4 Å². The second kappa shape index (κ2) is 7.64. The van der Waals surface area contributed by atoms with E-state index in [0.717, 1.165) is 49.0 Å². The van der Waals surface area contributed by atoms with Crippen molar-refractivity contribution >= 4 is 32.3 Å². The standard InChI is InChI=1S/C32H24O2/c1-32(25-17-14-21-8-2-3-11-24(21)20-25,30-26-12-6-4-9-22(26)15-18-28(30)33)31-27-13-7-5-10-23(27)16-19-29(31)34/h2-20,33-34H,1H3. The molecule has 0 radical (unpaired) electrons. The summed E-state index contributed by atoms with van der Waals surface area (Å²) in [5.41, 5.74) is 1.74. The average Bonchev–Trinajstić information content (AvgIpc) is 2.88. The molecule has 0 fully saturated rings. The maximum Gasteiger partial charge on any atom is 0.120 e. The minimum atomic E-state index is -0.833. The van der Waals surface area contributed by atoms with Gasteiger partial charge in [0.05, 0.1) is 5.41 Å². The van der Waals surface area contributed by atoms with Crippen molar-refractivity contribution < 1.29 is 10.2 Å². The van der Waals surface area contributed by atoms with Crippen LogP contribution >= 0.6 is 0 Å². The van der Waals surface area contributed by atoms with E-state index < -0.39 is 5.41 Å². The molecule has 0 amide bonds. The van der Waals surface area contributed by atoms with Crippen LogP contribution in [-0.4, -0.2) is 10.2 Å². The van der Waals surface area contributed by atoms with E-state index in [1.807, 2.05) is 60.7 Å². The van der Waals surface area contributed by atoms with Crippen molar-refractivity contribution in [3.05, 3.63) is 132 Å². The van der Waals surface area contributed by atoms with E-state index in [0.29, 0.717) is 0 Å². The summed E-state index contributed by atoms with van der Waals surface area (Å²) in [6.45, 7) is 2.11. The number of phenols is 2. The van der Waals surface area contributed by atoms with Crippen LogP contribution in [-0.2, 0) is 5.41 Å². The largest absolute Gasteiger partial charge is 0.508 e. The molecule has 0 aliphatic heterocycles. The summed E-state index contributed by atoms with van der Waals surface area (Å²) in [4.78, 5) is 0. The van der Waals surface area contributed by atoms with Gasteiger partial charge < -0.3 is 10.2 Å². The van der Waals surface area contributed by atoms with E-state index in [4.69, 9.17) is 0 Å². The number of hydrogen-bond donors (Lipinski definition) is 2. The van der Waals surface area contributed by atoms with Crippen LogP contribution in [0.25, 0.3) is 32.3 Å². The molecule has 0 aromatic heterocycles. The fraction of sp³-hybridized carbons (Fsp3) is 0.0625. The van der Waals surface area contributed by atoms with Crippen molar-refractivity contribution in [1.82, 2.24) is 0 Å². The fourth-order valence-corrected chi connectivity index (χ4v) is 5.49. The smallest absolute Gasteiger partial charge is 0.120 e. The first-order valence-electron chi connectivity index (χ1n) is 11.5. The maximum atomic E-state index is 11.4. The number of fused-ring (bicyclic) bond motifs is 3. The van der Waals surface area contributed by atoms with Gasteiger partial charge in [0, 0.05) is 11.1 Å². The lowest BCUT2D eigenvalue weighted by Gasteiger charge is -2.35. The minimum Gasteiger partial charge on any atom is -0.508 e. The molecule has 0 unspecified atom stereocenters. The predicted molar refractivity (Wildman–Crippen MR) is 141 cm³/mol. The topological polar surface area (TPSA) is 40.5 Å². The molecule has 0 spiro atoms. The average molecular weight is 441 g/mol. The molecule has 0 atom stereocenters. The third-order valence-corrected chi connectivity index (χ3v) is 7.14. The molecule has 2 N–H and O–H groups in total. The van der Waals surface area contributed by atoms with Crippen LogP contribution in [0.5, 0.6) is 11.5 Å². The quantitative estimate of drug-likeness (QED) is 0.275. The second-order valence-corrected chi connectivity index (χ2v) is 9.05. The first-order chi connectivity index (χ1) is 16.6. The Morgan fingerprint density at radius 1 is 0.471 bits per heavy atom. The highest BCUT2D eigenvalue weighted by molar-refractivity contribution is 5.95. The van der Waals surface area contributed by atoms with Crippen LogP contribution in [0.15, 0.2) is 115 Å². The zero-order chi connectivity index (χ0) is 23.3. The highest BCUT2D eigenvalue weighted by atomic mass is 16.3. The monoisotopic (exact) mass is 440 g/mol. The SMILES string of the molecule is CC(c1ccc2ccccc2c1)(c1c(O)ccc2ccccc12)c1c(O)ccc2ccccc12. The van der Waals surface area contributed by atoms with Crippen LogP contribution in [0, 0.1) is 0 Å². The molecule has 0 aliphatic carbocycles. The van der Waals surface area contributed by atoms with Crippen molar-refractivity contribution in [2.24, 2.45) is 0 Å². The zero-order valence-corrected chi connectivity index (χ0v) is 18.9. The number of aromatic hydroxyl groups is 2. The summed E-state index contributed by atoms with van der Waals surface area (Å²) in [5, 5.41) is 29.0. The maximum absolute atomic E-state index is 11.4. The molecule has 0 saturated carbocycles. The van der Waals surface area contributed by atoms with Crippen molar-refractivity contribution in [3.8, 4) is 11.5 Å². The van der Waals surface area contributed by atoms with Gasteiger partial charge in [0.25, 0.3) is 0 Å². The van der Waals surface area contributed by atoms with Gasteiger partial charge in [-0.3, -0.25) is 0 Å². The number of rotatable bonds is 3. The highest BCUT2D eigenvalue weighted by Crippen LogP contribution is 2.51. The molecule has 0 heterocycles. The van der Waals surface area contributed by atoms with Gasteiger partial charge in [-0.2, -0.15) is 0 Å². The van der Waals surface area contributed by atoms with Gasteiger partial charge in [0.15, 0.2) is 0 Å².